The van der Waals surface area contributed by atoms with Crippen molar-refractivity contribution in [2.45, 2.75) is 12.2 Å². The molecule has 188 valence electrons. The summed E-state index contributed by atoms with van der Waals surface area (Å²) >= 11 is 0. The fourth-order valence-electron chi connectivity index (χ4n) is 3.95. The van der Waals surface area contributed by atoms with E-state index in [0.717, 1.165) is 54.6 Å². The number of halogens is 3. The Kier molecular flexibility index (Phi) is 6.21. The lowest BCUT2D eigenvalue weighted by molar-refractivity contribution is -0.385. The highest BCUT2D eigenvalue weighted by Gasteiger charge is 2.47. The van der Waals surface area contributed by atoms with Crippen LogP contribution in [-0.4, -0.2) is 26.6 Å². The first-order valence-corrected chi connectivity index (χ1v) is 10.4. The summed E-state index contributed by atoms with van der Waals surface area (Å²) in [5.74, 6) is -3.30. The molecule has 1 aliphatic heterocycles. The summed E-state index contributed by atoms with van der Waals surface area (Å²) in [7, 11) is 0. The maximum absolute atomic E-state index is 13.4. The molecule has 13 heteroatoms. The van der Waals surface area contributed by atoms with Crippen molar-refractivity contribution < 1.29 is 37.7 Å². The lowest BCUT2D eigenvalue weighted by Crippen LogP contribution is -2.29. The molecule has 0 aliphatic carbocycles. The molecule has 1 heterocycles. The van der Waals surface area contributed by atoms with E-state index in [-0.39, 0.29) is 22.5 Å². The van der Waals surface area contributed by atoms with Gasteiger partial charge in [-0.15, -0.1) is 0 Å². The van der Waals surface area contributed by atoms with Crippen LogP contribution in [0.15, 0.2) is 78.4 Å². The van der Waals surface area contributed by atoms with E-state index in [2.05, 4.69) is 0 Å². The van der Waals surface area contributed by atoms with E-state index in [0.29, 0.717) is 11.0 Å². The molecular formula is C24H14F3N3O7. The van der Waals surface area contributed by atoms with E-state index in [1.54, 1.807) is 0 Å². The molecule has 10 nitrogen and oxygen atoms in total. The number of carbonyl (C=O) groups is 2. The van der Waals surface area contributed by atoms with Gasteiger partial charge in [-0.2, -0.15) is 13.2 Å². The van der Waals surface area contributed by atoms with E-state index in [1.165, 1.54) is 12.1 Å². The summed E-state index contributed by atoms with van der Waals surface area (Å²) in [6, 6.07) is 11.1. The second kappa shape index (κ2) is 9.18. The molecule has 1 atom stereocenters. The molecule has 3 aromatic carbocycles. The highest BCUT2D eigenvalue weighted by molar-refractivity contribution is 6.51. The molecule has 0 radical (unpaired) electrons. The Bertz CT molecular complexity index is 1480. The van der Waals surface area contributed by atoms with Crippen molar-refractivity contribution in [2.75, 3.05) is 4.90 Å². The number of benzene rings is 3. The van der Waals surface area contributed by atoms with Gasteiger partial charge in [-0.25, -0.2) is 0 Å². The highest BCUT2D eigenvalue weighted by atomic mass is 19.4. The standard InChI is InChI=1S/C24H14F3N3O7/c25-24(26,27)15-4-2-5-17(12-15)28-20(14-3-1-6-18(11-14)30(36)37)19(22(32)23(28)33)21(31)13-7-9-16(10-8-13)29(34)35/h1-12,20,31H/b21-19+/t20-/m1/s1. The van der Waals surface area contributed by atoms with Crippen LogP contribution in [0.1, 0.15) is 22.7 Å². The van der Waals surface area contributed by atoms with Gasteiger partial charge >= 0.3 is 6.18 Å². The van der Waals surface area contributed by atoms with Crippen LogP contribution in [-0.2, 0) is 15.8 Å². The zero-order chi connectivity index (χ0) is 27.1. The zero-order valence-electron chi connectivity index (χ0n) is 18.4. The normalized spacial score (nSPS) is 17.2. The average molecular weight is 513 g/mol. The van der Waals surface area contributed by atoms with Crippen molar-refractivity contribution >= 4 is 34.5 Å². The van der Waals surface area contributed by atoms with Crippen LogP contribution in [0.2, 0.25) is 0 Å². The number of Topliss-reactive ketones (excluding diaryl/α,β-unsaturated/α-hetero) is 1. The van der Waals surface area contributed by atoms with Crippen molar-refractivity contribution in [3.05, 3.63) is 115 Å². The van der Waals surface area contributed by atoms with Gasteiger partial charge in [0, 0.05) is 35.5 Å². The Morgan fingerprint density at radius 3 is 2.08 bits per heavy atom. The Labute approximate surface area is 205 Å². The Morgan fingerprint density at radius 1 is 0.865 bits per heavy atom. The molecule has 0 bridgehead atoms. The molecule has 0 saturated carbocycles. The van der Waals surface area contributed by atoms with Crippen LogP contribution < -0.4 is 4.90 Å². The second-order valence-corrected chi connectivity index (χ2v) is 7.87. The molecule has 1 fully saturated rings. The van der Waals surface area contributed by atoms with Gasteiger partial charge in [0.1, 0.15) is 5.76 Å². The molecule has 1 aliphatic rings. The van der Waals surface area contributed by atoms with Gasteiger partial charge in [0.15, 0.2) is 0 Å². The number of anilines is 1. The number of carbonyl (C=O) groups excluding carboxylic acids is 2. The lowest BCUT2D eigenvalue weighted by atomic mass is 9.94. The fraction of sp³-hybridized carbons (Fsp3) is 0.0833. The quantitative estimate of drug-likeness (QED) is 0.163. The molecule has 0 unspecified atom stereocenters. The van der Waals surface area contributed by atoms with Crippen molar-refractivity contribution in [3.8, 4) is 0 Å². The number of hydrogen-bond donors (Lipinski definition) is 1. The minimum absolute atomic E-state index is 0.0331. The van der Waals surface area contributed by atoms with E-state index < -0.39 is 56.3 Å². The number of amides is 1. The topological polar surface area (TPSA) is 144 Å². The first-order chi connectivity index (χ1) is 17.4. The molecule has 37 heavy (non-hydrogen) atoms. The minimum atomic E-state index is -4.77. The number of aliphatic hydroxyl groups is 1. The van der Waals surface area contributed by atoms with Gasteiger partial charge in [-0.05, 0) is 35.9 Å². The van der Waals surface area contributed by atoms with Crippen LogP contribution in [0.4, 0.5) is 30.2 Å². The van der Waals surface area contributed by atoms with Crippen LogP contribution in [0.5, 0.6) is 0 Å². The van der Waals surface area contributed by atoms with Crippen molar-refractivity contribution in [2.24, 2.45) is 0 Å². The Balaban J connectivity index is 1.96. The third-order valence-corrected chi connectivity index (χ3v) is 5.64. The Morgan fingerprint density at radius 2 is 1.49 bits per heavy atom. The summed E-state index contributed by atoms with van der Waals surface area (Å²) in [6.07, 6.45) is -4.77. The number of nitro benzene ring substituents is 2. The summed E-state index contributed by atoms with van der Waals surface area (Å²) in [5, 5.41) is 33.3. The fourth-order valence-corrected chi connectivity index (χ4v) is 3.95. The SMILES string of the molecule is O=C1C(=O)N(c2cccc(C(F)(F)F)c2)[C@H](c2cccc([N+](=O)[O-])c2)/C1=C(\O)c1ccc([N+](=O)[O-])cc1. The molecular weight excluding hydrogens is 499 g/mol. The predicted molar refractivity (Wildman–Crippen MR) is 122 cm³/mol. The van der Waals surface area contributed by atoms with Gasteiger partial charge in [-0.3, -0.25) is 34.7 Å². The summed E-state index contributed by atoms with van der Waals surface area (Å²) < 4.78 is 40.1. The van der Waals surface area contributed by atoms with Crippen LogP contribution in [0, 0.1) is 20.2 Å². The molecule has 1 N–H and O–H groups in total. The van der Waals surface area contributed by atoms with Gasteiger partial charge in [0.05, 0.1) is 27.0 Å². The van der Waals surface area contributed by atoms with Gasteiger partial charge in [0.2, 0.25) is 0 Å². The molecule has 1 saturated heterocycles. The van der Waals surface area contributed by atoms with Gasteiger partial charge < -0.3 is 5.11 Å². The lowest BCUT2D eigenvalue weighted by Gasteiger charge is -2.26. The number of non-ortho nitro benzene ring substituents is 2. The van der Waals surface area contributed by atoms with Crippen LogP contribution in [0.25, 0.3) is 5.76 Å². The summed E-state index contributed by atoms with van der Waals surface area (Å²) in [5.41, 5.74) is -2.89. The monoisotopic (exact) mass is 513 g/mol. The van der Waals surface area contributed by atoms with Crippen LogP contribution >= 0.6 is 0 Å². The minimum Gasteiger partial charge on any atom is -0.507 e. The average Bonchev–Trinajstić information content (AvgIpc) is 3.13. The van der Waals surface area contributed by atoms with Crippen LogP contribution in [0.3, 0.4) is 0 Å². The van der Waals surface area contributed by atoms with E-state index in [1.807, 2.05) is 0 Å². The molecule has 0 spiro atoms. The second-order valence-electron chi connectivity index (χ2n) is 7.87. The van der Waals surface area contributed by atoms with Crippen molar-refractivity contribution in [3.63, 3.8) is 0 Å². The first kappa shape index (κ1) is 25.0. The summed E-state index contributed by atoms with van der Waals surface area (Å²) in [4.78, 5) is 47.7. The van der Waals surface area contributed by atoms with E-state index in [9.17, 15) is 48.1 Å². The number of alkyl halides is 3. The number of nitrogens with zero attached hydrogens (tertiary/aromatic N) is 3. The Hall–Kier alpha value is -5.07. The number of nitro groups is 2. The maximum Gasteiger partial charge on any atom is 0.416 e. The number of aliphatic hydroxyl groups excluding tert-OH is 1. The maximum atomic E-state index is 13.4. The smallest absolute Gasteiger partial charge is 0.416 e. The van der Waals surface area contributed by atoms with E-state index in [4.69, 9.17) is 0 Å². The number of rotatable bonds is 5. The first-order valence-electron chi connectivity index (χ1n) is 10.4. The van der Waals surface area contributed by atoms with Gasteiger partial charge in [-0.1, -0.05) is 18.2 Å². The van der Waals surface area contributed by atoms with Crippen molar-refractivity contribution in [1.29, 1.82) is 0 Å². The molecule has 4 rings (SSSR count). The molecule has 0 aromatic heterocycles. The number of hydrogen-bond acceptors (Lipinski definition) is 7. The third kappa shape index (κ3) is 4.61. The number of ketones is 1. The summed E-state index contributed by atoms with van der Waals surface area (Å²) in [6.45, 7) is 0. The molecule has 3 aromatic rings. The molecule has 1 amide bonds. The largest absolute Gasteiger partial charge is 0.507 e. The highest BCUT2D eigenvalue weighted by Crippen LogP contribution is 2.44. The third-order valence-electron chi connectivity index (χ3n) is 5.64. The van der Waals surface area contributed by atoms with Gasteiger partial charge in [0.25, 0.3) is 23.1 Å². The van der Waals surface area contributed by atoms with E-state index >= 15 is 0 Å². The van der Waals surface area contributed by atoms with Crippen molar-refractivity contribution in [1.82, 2.24) is 0 Å². The zero-order valence-corrected chi connectivity index (χ0v) is 18.4. The predicted octanol–water partition coefficient (Wildman–Crippen LogP) is 5.15.